The Kier molecular flexibility index (Phi) is 3.96. The van der Waals surface area contributed by atoms with Gasteiger partial charge in [-0.1, -0.05) is 0 Å². The number of aliphatic hydroxyl groups excluding tert-OH is 1. The summed E-state index contributed by atoms with van der Waals surface area (Å²) in [4.78, 5) is 6.22. The molecule has 0 amide bonds. The number of hydrogen-bond donors (Lipinski definition) is 1. The van der Waals surface area contributed by atoms with Gasteiger partial charge in [0.05, 0.1) is 17.5 Å². The van der Waals surface area contributed by atoms with Gasteiger partial charge >= 0.3 is 0 Å². The third kappa shape index (κ3) is 3.43. The van der Waals surface area contributed by atoms with Crippen molar-refractivity contribution in [1.82, 2.24) is 15.2 Å². The third-order valence-electron chi connectivity index (χ3n) is 2.30. The fourth-order valence-electron chi connectivity index (χ4n) is 1.09. The van der Waals surface area contributed by atoms with Crippen LogP contribution in [0.3, 0.4) is 0 Å². The second-order valence-electron chi connectivity index (χ2n) is 3.84. The summed E-state index contributed by atoms with van der Waals surface area (Å²) in [6.07, 6.45) is 0.402. The van der Waals surface area contributed by atoms with Crippen molar-refractivity contribution in [2.45, 2.75) is 33.3 Å². The fourth-order valence-corrected chi connectivity index (χ4v) is 1.09. The van der Waals surface area contributed by atoms with Crippen LogP contribution in [0.4, 0.5) is 5.95 Å². The number of aromatic nitrogens is 3. The molecule has 0 aliphatic carbocycles. The van der Waals surface area contributed by atoms with E-state index in [1.807, 2.05) is 25.8 Å². The van der Waals surface area contributed by atoms with E-state index in [4.69, 9.17) is 5.11 Å². The van der Waals surface area contributed by atoms with Crippen LogP contribution >= 0.6 is 0 Å². The highest BCUT2D eigenvalue weighted by Gasteiger charge is 2.07. The summed E-state index contributed by atoms with van der Waals surface area (Å²) in [5.41, 5.74) is 1.74. The quantitative estimate of drug-likeness (QED) is 0.792. The molecule has 1 unspecified atom stereocenters. The lowest BCUT2D eigenvalue weighted by molar-refractivity contribution is 0.186. The van der Waals surface area contributed by atoms with E-state index in [1.54, 1.807) is 6.92 Å². The molecule has 0 fully saturated rings. The molecular formula is C10H18N4O. The normalized spacial score (nSPS) is 12.6. The average Bonchev–Trinajstić information content (AvgIpc) is 2.18. The number of hydrogen-bond acceptors (Lipinski definition) is 5. The van der Waals surface area contributed by atoms with Crippen LogP contribution in [0, 0.1) is 13.8 Å². The van der Waals surface area contributed by atoms with Crippen molar-refractivity contribution in [3.05, 3.63) is 11.4 Å². The summed E-state index contributed by atoms with van der Waals surface area (Å²) in [6.45, 7) is 6.29. The molecule has 1 N–H and O–H groups in total. The molecule has 0 aliphatic rings. The Balaban J connectivity index is 2.65. The molecule has 0 radical (unpaired) electrons. The van der Waals surface area contributed by atoms with Crippen molar-refractivity contribution in [2.75, 3.05) is 18.5 Å². The lowest BCUT2D eigenvalue weighted by Crippen LogP contribution is -2.24. The Morgan fingerprint density at radius 3 is 2.47 bits per heavy atom. The van der Waals surface area contributed by atoms with Crippen molar-refractivity contribution in [3.63, 3.8) is 0 Å². The summed E-state index contributed by atoms with van der Waals surface area (Å²) in [5.74, 6) is 0.610. The second-order valence-corrected chi connectivity index (χ2v) is 3.84. The smallest absolute Gasteiger partial charge is 0.245 e. The Morgan fingerprint density at radius 2 is 1.93 bits per heavy atom. The van der Waals surface area contributed by atoms with E-state index in [9.17, 15) is 0 Å². The van der Waals surface area contributed by atoms with Gasteiger partial charge in [0, 0.05) is 13.6 Å². The Morgan fingerprint density at radius 1 is 1.27 bits per heavy atom. The Bertz CT molecular complexity index is 327. The third-order valence-corrected chi connectivity index (χ3v) is 2.30. The van der Waals surface area contributed by atoms with Gasteiger partial charge in [-0.15, -0.1) is 5.10 Å². The van der Waals surface area contributed by atoms with Gasteiger partial charge in [-0.2, -0.15) is 5.10 Å². The van der Waals surface area contributed by atoms with Crippen LogP contribution in [0.1, 0.15) is 24.7 Å². The molecule has 0 spiro atoms. The first-order valence-electron chi connectivity index (χ1n) is 5.08. The van der Waals surface area contributed by atoms with E-state index in [-0.39, 0.29) is 6.10 Å². The highest BCUT2D eigenvalue weighted by molar-refractivity contribution is 5.27. The summed E-state index contributed by atoms with van der Waals surface area (Å²) < 4.78 is 0. The predicted molar refractivity (Wildman–Crippen MR) is 58.9 cm³/mol. The maximum absolute atomic E-state index is 9.16. The number of anilines is 1. The van der Waals surface area contributed by atoms with Gasteiger partial charge in [-0.3, -0.25) is 0 Å². The van der Waals surface area contributed by atoms with Crippen molar-refractivity contribution < 1.29 is 5.11 Å². The van der Waals surface area contributed by atoms with Crippen LogP contribution < -0.4 is 4.90 Å². The molecule has 15 heavy (non-hydrogen) atoms. The maximum atomic E-state index is 9.16. The van der Waals surface area contributed by atoms with Crippen molar-refractivity contribution in [3.8, 4) is 0 Å². The first-order valence-corrected chi connectivity index (χ1v) is 5.08. The van der Waals surface area contributed by atoms with Crippen LogP contribution in [-0.2, 0) is 0 Å². The van der Waals surface area contributed by atoms with Crippen LogP contribution in [-0.4, -0.2) is 40.0 Å². The van der Waals surface area contributed by atoms with Crippen molar-refractivity contribution in [1.29, 1.82) is 0 Å². The zero-order valence-electron chi connectivity index (χ0n) is 9.73. The molecule has 0 aromatic carbocycles. The minimum atomic E-state index is -0.299. The van der Waals surface area contributed by atoms with Gasteiger partial charge < -0.3 is 10.0 Å². The molecule has 0 saturated carbocycles. The van der Waals surface area contributed by atoms with Crippen LogP contribution in [0.5, 0.6) is 0 Å². The van der Waals surface area contributed by atoms with Crippen LogP contribution in [0.2, 0.25) is 0 Å². The molecule has 0 saturated heterocycles. The molecule has 1 atom stereocenters. The zero-order valence-corrected chi connectivity index (χ0v) is 9.73. The largest absolute Gasteiger partial charge is 0.393 e. The van der Waals surface area contributed by atoms with Gasteiger partial charge in [0.1, 0.15) is 0 Å². The van der Waals surface area contributed by atoms with Gasteiger partial charge in [-0.05, 0) is 27.2 Å². The second kappa shape index (κ2) is 5.02. The Hall–Kier alpha value is -1.23. The molecule has 0 aliphatic heterocycles. The van der Waals surface area contributed by atoms with Crippen LogP contribution in [0.15, 0.2) is 0 Å². The summed E-state index contributed by atoms with van der Waals surface area (Å²) >= 11 is 0. The van der Waals surface area contributed by atoms with Gasteiger partial charge in [0.2, 0.25) is 5.95 Å². The molecule has 5 nitrogen and oxygen atoms in total. The first-order chi connectivity index (χ1) is 7.00. The molecule has 1 aromatic rings. The molecule has 84 valence electrons. The molecule has 1 aromatic heterocycles. The van der Waals surface area contributed by atoms with E-state index in [0.717, 1.165) is 17.9 Å². The first kappa shape index (κ1) is 11.8. The fraction of sp³-hybridized carbons (Fsp3) is 0.700. The Labute approximate surface area is 90.2 Å². The summed E-state index contributed by atoms with van der Waals surface area (Å²) in [7, 11) is 1.90. The van der Waals surface area contributed by atoms with E-state index >= 15 is 0 Å². The molecule has 1 rings (SSSR count). The van der Waals surface area contributed by atoms with Crippen molar-refractivity contribution in [2.24, 2.45) is 0 Å². The molecule has 1 heterocycles. The zero-order chi connectivity index (χ0) is 11.4. The van der Waals surface area contributed by atoms with E-state index in [2.05, 4.69) is 15.2 Å². The van der Waals surface area contributed by atoms with E-state index < -0.39 is 0 Å². The minimum absolute atomic E-state index is 0.299. The monoisotopic (exact) mass is 210 g/mol. The molecular weight excluding hydrogens is 192 g/mol. The van der Waals surface area contributed by atoms with Crippen LogP contribution in [0.25, 0.3) is 0 Å². The minimum Gasteiger partial charge on any atom is -0.393 e. The molecule has 5 heteroatoms. The standard InChI is InChI=1S/C10H18N4O/c1-7(15)5-6-14(4)10-11-8(2)9(3)12-13-10/h7,15H,5-6H2,1-4H3. The number of aliphatic hydroxyl groups is 1. The number of rotatable bonds is 4. The number of nitrogens with zero attached hydrogens (tertiary/aromatic N) is 4. The highest BCUT2D eigenvalue weighted by atomic mass is 16.3. The lowest BCUT2D eigenvalue weighted by atomic mass is 10.3. The topological polar surface area (TPSA) is 62.1 Å². The summed E-state index contributed by atoms with van der Waals surface area (Å²) in [5, 5.41) is 17.2. The van der Waals surface area contributed by atoms with Gasteiger partial charge in [-0.25, -0.2) is 4.98 Å². The number of aryl methyl sites for hydroxylation is 2. The highest BCUT2D eigenvalue weighted by Crippen LogP contribution is 2.07. The maximum Gasteiger partial charge on any atom is 0.245 e. The lowest BCUT2D eigenvalue weighted by Gasteiger charge is -2.17. The average molecular weight is 210 g/mol. The SMILES string of the molecule is Cc1nnc(N(C)CCC(C)O)nc1C. The van der Waals surface area contributed by atoms with Gasteiger partial charge in [0.15, 0.2) is 0 Å². The van der Waals surface area contributed by atoms with Gasteiger partial charge in [0.25, 0.3) is 0 Å². The summed E-state index contributed by atoms with van der Waals surface area (Å²) in [6, 6.07) is 0. The molecule has 0 bridgehead atoms. The van der Waals surface area contributed by atoms with Crippen molar-refractivity contribution >= 4 is 5.95 Å². The van der Waals surface area contributed by atoms with E-state index in [1.165, 1.54) is 0 Å². The predicted octanol–water partition coefficient (Wildman–Crippen LogP) is 0.696. The van der Waals surface area contributed by atoms with E-state index in [0.29, 0.717) is 12.4 Å².